The zero-order chi connectivity index (χ0) is 9.42. The molecule has 3 N–H and O–H groups in total. The third-order valence-electron chi connectivity index (χ3n) is 1.65. The number of hydrogen-bond acceptors (Lipinski definition) is 5. The first-order valence-electron chi connectivity index (χ1n) is 3.53. The highest BCUT2D eigenvalue weighted by Crippen LogP contribution is 2.18. The van der Waals surface area contributed by atoms with Gasteiger partial charge in [0.2, 0.25) is 10.6 Å². The van der Waals surface area contributed by atoms with Gasteiger partial charge in [0, 0.05) is 0 Å². The number of nitrogens with zero attached hydrogens (tertiary/aromatic N) is 3. The van der Waals surface area contributed by atoms with E-state index in [1.54, 1.807) is 6.92 Å². The molecule has 0 amide bonds. The summed E-state index contributed by atoms with van der Waals surface area (Å²) in [6.07, 6.45) is 1.34. The van der Waals surface area contributed by atoms with Gasteiger partial charge in [-0.25, -0.2) is 14.8 Å². The number of H-pyrrole nitrogens is 1. The van der Waals surface area contributed by atoms with Crippen molar-refractivity contribution >= 4 is 12.2 Å². The summed E-state index contributed by atoms with van der Waals surface area (Å²) in [5, 5.41) is 6.46. The first-order valence-corrected chi connectivity index (χ1v) is 3.94. The summed E-state index contributed by atoms with van der Waals surface area (Å²) in [6.45, 7) is 1.80. The Balaban J connectivity index is 2.65. The smallest absolute Gasteiger partial charge is 0.218 e. The summed E-state index contributed by atoms with van der Waals surface area (Å²) >= 11 is 4.85. The van der Waals surface area contributed by atoms with Gasteiger partial charge in [0.05, 0.1) is 5.69 Å². The first-order chi connectivity index (χ1) is 6.20. The SMILES string of the molecule is Cc1ncoc1-c1n[nH]c(=S)n1N. The average Bonchev–Trinajstić information content (AvgIpc) is 2.62. The van der Waals surface area contributed by atoms with Crippen LogP contribution in [0.3, 0.4) is 0 Å². The van der Waals surface area contributed by atoms with E-state index < -0.39 is 0 Å². The third-order valence-corrected chi connectivity index (χ3v) is 1.94. The maximum atomic E-state index is 5.59. The Kier molecular flexibility index (Phi) is 1.66. The van der Waals surface area contributed by atoms with Crippen LogP contribution in [0.15, 0.2) is 10.8 Å². The largest absolute Gasteiger partial charge is 0.440 e. The molecule has 0 aromatic carbocycles. The maximum absolute atomic E-state index is 5.59. The number of nitrogen functional groups attached to an aromatic ring is 1. The van der Waals surface area contributed by atoms with Crippen molar-refractivity contribution in [2.45, 2.75) is 6.92 Å². The second-order valence-corrected chi connectivity index (χ2v) is 2.88. The van der Waals surface area contributed by atoms with Crippen molar-refractivity contribution in [1.82, 2.24) is 19.9 Å². The number of aromatic nitrogens is 4. The monoisotopic (exact) mass is 197 g/mol. The highest BCUT2D eigenvalue weighted by atomic mass is 32.1. The van der Waals surface area contributed by atoms with E-state index in [-0.39, 0.29) is 0 Å². The lowest BCUT2D eigenvalue weighted by Gasteiger charge is -1.95. The summed E-state index contributed by atoms with van der Waals surface area (Å²) < 4.78 is 6.68. The second kappa shape index (κ2) is 2.70. The molecule has 0 bridgehead atoms. The second-order valence-electron chi connectivity index (χ2n) is 2.49. The van der Waals surface area contributed by atoms with Gasteiger partial charge in [-0.05, 0) is 19.1 Å². The Labute approximate surface area is 78.4 Å². The van der Waals surface area contributed by atoms with Crippen molar-refractivity contribution < 1.29 is 4.42 Å². The van der Waals surface area contributed by atoms with Crippen LogP contribution in [0.2, 0.25) is 0 Å². The molecule has 7 heteroatoms. The molecule has 0 fully saturated rings. The van der Waals surface area contributed by atoms with E-state index in [0.29, 0.717) is 16.4 Å². The van der Waals surface area contributed by atoms with E-state index in [1.807, 2.05) is 0 Å². The van der Waals surface area contributed by atoms with Crippen LogP contribution in [-0.4, -0.2) is 19.9 Å². The lowest BCUT2D eigenvalue weighted by Crippen LogP contribution is -2.09. The van der Waals surface area contributed by atoms with Gasteiger partial charge in [-0.3, -0.25) is 0 Å². The number of rotatable bonds is 1. The normalized spacial score (nSPS) is 10.5. The number of aromatic amines is 1. The van der Waals surface area contributed by atoms with E-state index in [0.717, 1.165) is 5.69 Å². The summed E-state index contributed by atoms with van der Waals surface area (Å²) in [5.41, 5.74) is 0.723. The summed E-state index contributed by atoms with van der Waals surface area (Å²) in [5.74, 6) is 6.56. The van der Waals surface area contributed by atoms with Crippen LogP contribution in [0.4, 0.5) is 0 Å². The van der Waals surface area contributed by atoms with E-state index in [1.165, 1.54) is 11.1 Å². The molecule has 2 aromatic rings. The molecular weight excluding hydrogens is 190 g/mol. The van der Waals surface area contributed by atoms with Crippen LogP contribution >= 0.6 is 12.2 Å². The van der Waals surface area contributed by atoms with Gasteiger partial charge in [-0.15, -0.1) is 5.10 Å². The van der Waals surface area contributed by atoms with Crippen LogP contribution < -0.4 is 5.84 Å². The van der Waals surface area contributed by atoms with Crippen molar-refractivity contribution in [2.24, 2.45) is 0 Å². The summed E-state index contributed by atoms with van der Waals surface area (Å²) in [6, 6.07) is 0. The molecule has 2 aromatic heterocycles. The summed E-state index contributed by atoms with van der Waals surface area (Å²) in [7, 11) is 0. The van der Waals surface area contributed by atoms with Crippen molar-refractivity contribution in [2.75, 3.05) is 5.84 Å². The number of oxazole rings is 1. The molecule has 68 valence electrons. The molecule has 0 atom stereocenters. The fourth-order valence-electron chi connectivity index (χ4n) is 0.981. The van der Waals surface area contributed by atoms with E-state index in [2.05, 4.69) is 15.2 Å². The van der Waals surface area contributed by atoms with Crippen molar-refractivity contribution in [1.29, 1.82) is 0 Å². The van der Waals surface area contributed by atoms with E-state index >= 15 is 0 Å². The van der Waals surface area contributed by atoms with Gasteiger partial charge in [0.15, 0.2) is 12.2 Å². The van der Waals surface area contributed by atoms with Gasteiger partial charge >= 0.3 is 0 Å². The predicted octanol–water partition coefficient (Wildman–Crippen LogP) is 0.618. The molecule has 6 nitrogen and oxygen atoms in total. The maximum Gasteiger partial charge on any atom is 0.218 e. The molecule has 0 aliphatic heterocycles. The van der Waals surface area contributed by atoms with E-state index in [4.69, 9.17) is 22.5 Å². The van der Waals surface area contributed by atoms with Gasteiger partial charge in [-0.2, -0.15) is 0 Å². The van der Waals surface area contributed by atoms with Crippen molar-refractivity contribution in [3.05, 3.63) is 16.9 Å². The highest BCUT2D eigenvalue weighted by molar-refractivity contribution is 7.71. The molecule has 2 rings (SSSR count). The molecule has 0 unspecified atom stereocenters. The van der Waals surface area contributed by atoms with Crippen LogP contribution in [0, 0.1) is 11.7 Å². The first kappa shape index (κ1) is 7.99. The van der Waals surface area contributed by atoms with Gasteiger partial charge in [0.25, 0.3) is 0 Å². The molecule has 2 heterocycles. The Morgan fingerprint density at radius 1 is 1.69 bits per heavy atom. The molecule has 0 spiro atoms. The van der Waals surface area contributed by atoms with Gasteiger partial charge < -0.3 is 10.3 Å². The zero-order valence-corrected chi connectivity index (χ0v) is 7.63. The minimum atomic E-state index is 0.339. The molecule has 0 radical (unpaired) electrons. The van der Waals surface area contributed by atoms with Gasteiger partial charge in [0.1, 0.15) is 0 Å². The molecular formula is C6H7N5OS. The summed E-state index contributed by atoms with van der Waals surface area (Å²) in [4.78, 5) is 3.92. The quantitative estimate of drug-likeness (QED) is 0.517. The van der Waals surface area contributed by atoms with Crippen LogP contribution in [-0.2, 0) is 0 Å². The topological polar surface area (TPSA) is 85.7 Å². The van der Waals surface area contributed by atoms with Crippen LogP contribution in [0.1, 0.15) is 5.69 Å². The van der Waals surface area contributed by atoms with Crippen LogP contribution in [0.5, 0.6) is 0 Å². The lowest BCUT2D eigenvalue weighted by atomic mass is 10.3. The fraction of sp³-hybridized carbons (Fsp3) is 0.167. The number of nitrogens with two attached hydrogens (primary N) is 1. The number of nitrogens with one attached hydrogen (secondary N) is 1. The Bertz CT molecular complexity index is 481. The Morgan fingerprint density at radius 2 is 2.46 bits per heavy atom. The highest BCUT2D eigenvalue weighted by Gasteiger charge is 2.13. The number of aryl methyl sites for hydroxylation is 1. The molecule has 0 saturated carbocycles. The molecule has 0 saturated heterocycles. The number of hydrogen-bond donors (Lipinski definition) is 2. The standard InChI is InChI=1S/C6H7N5OS/c1-3-4(12-2-8-3)5-9-10-6(13)11(5)7/h2H,7H2,1H3,(H,10,13). The lowest BCUT2D eigenvalue weighted by molar-refractivity contribution is 0.564. The molecule has 13 heavy (non-hydrogen) atoms. The predicted molar refractivity (Wildman–Crippen MR) is 47.8 cm³/mol. The minimum Gasteiger partial charge on any atom is -0.440 e. The minimum absolute atomic E-state index is 0.339. The van der Waals surface area contributed by atoms with Gasteiger partial charge in [-0.1, -0.05) is 0 Å². The molecule has 0 aliphatic carbocycles. The van der Waals surface area contributed by atoms with Crippen LogP contribution in [0.25, 0.3) is 11.6 Å². The fourth-order valence-corrected chi connectivity index (χ4v) is 1.11. The Morgan fingerprint density at radius 3 is 2.92 bits per heavy atom. The molecule has 0 aliphatic rings. The van der Waals surface area contributed by atoms with Crippen molar-refractivity contribution in [3.8, 4) is 11.6 Å². The van der Waals surface area contributed by atoms with Crippen molar-refractivity contribution in [3.63, 3.8) is 0 Å². The zero-order valence-electron chi connectivity index (χ0n) is 6.81. The Hall–Kier alpha value is -1.63. The average molecular weight is 197 g/mol. The third kappa shape index (κ3) is 1.13. The van der Waals surface area contributed by atoms with E-state index in [9.17, 15) is 0 Å².